The second-order valence-electron chi connectivity index (χ2n) is 8.90. The molecule has 0 saturated carbocycles. The zero-order chi connectivity index (χ0) is 21.9. The van der Waals surface area contributed by atoms with Crippen molar-refractivity contribution < 1.29 is 27.1 Å². The summed E-state index contributed by atoms with van der Waals surface area (Å²) < 4.78 is 50.8. The maximum Gasteiger partial charge on any atom is 0.417 e. The van der Waals surface area contributed by atoms with E-state index >= 15 is 0 Å². The minimum atomic E-state index is -4.54. The van der Waals surface area contributed by atoms with Gasteiger partial charge in [0.1, 0.15) is 5.82 Å². The number of ether oxygens (including phenoxy) is 1. The largest absolute Gasteiger partial charge is 0.417 e. The summed E-state index contributed by atoms with van der Waals surface area (Å²) in [7, 11) is -1.97. The molecule has 0 unspecified atom stereocenters. The Morgan fingerprint density at radius 3 is 2.41 bits per heavy atom. The second kappa shape index (κ2) is 9.14. The van der Waals surface area contributed by atoms with Crippen LogP contribution in [0, 0.1) is 0 Å². The highest BCUT2D eigenvalue weighted by Crippen LogP contribution is 2.37. The lowest BCUT2D eigenvalue weighted by Crippen LogP contribution is -2.46. The Labute approximate surface area is 171 Å². The van der Waals surface area contributed by atoms with Gasteiger partial charge in [-0.1, -0.05) is 20.8 Å². The highest BCUT2D eigenvalue weighted by atomic mass is 28.4. The molecule has 0 aliphatic carbocycles. The van der Waals surface area contributed by atoms with Crippen LogP contribution in [0.3, 0.4) is 0 Å². The van der Waals surface area contributed by atoms with E-state index in [-0.39, 0.29) is 22.5 Å². The number of rotatable bonds is 7. The third-order valence-corrected chi connectivity index (χ3v) is 10.4. The number of nitrogens with zero attached hydrogens (tertiary/aromatic N) is 2. The van der Waals surface area contributed by atoms with Crippen molar-refractivity contribution in [2.24, 2.45) is 0 Å². The van der Waals surface area contributed by atoms with Crippen LogP contribution in [-0.4, -0.2) is 52.0 Å². The molecule has 0 spiro atoms. The van der Waals surface area contributed by atoms with Crippen LogP contribution in [-0.2, 0) is 15.3 Å². The minimum absolute atomic E-state index is 0.0368. The smallest absolute Gasteiger partial charge is 0.415 e. The lowest BCUT2D eigenvalue weighted by atomic mass is 10.1. The summed E-state index contributed by atoms with van der Waals surface area (Å²) >= 11 is 0. The van der Waals surface area contributed by atoms with Crippen molar-refractivity contribution in [2.45, 2.75) is 64.0 Å². The van der Waals surface area contributed by atoms with Gasteiger partial charge in [-0.25, -0.2) is 4.98 Å². The second-order valence-corrected chi connectivity index (χ2v) is 13.7. The Hall–Kier alpha value is -1.45. The molecule has 1 aromatic heterocycles. The van der Waals surface area contributed by atoms with Gasteiger partial charge in [0.15, 0.2) is 14.6 Å². The molecule has 9 heteroatoms. The third-order valence-electron chi connectivity index (χ3n) is 5.85. The lowest BCUT2D eigenvalue weighted by molar-refractivity contribution is -0.137. The number of aldehydes is 1. The number of carbonyl (C=O) groups excluding carboxylic acids is 1. The first kappa shape index (κ1) is 23.8. The summed E-state index contributed by atoms with van der Waals surface area (Å²) in [6.45, 7) is 12.8. The van der Waals surface area contributed by atoms with E-state index in [4.69, 9.17) is 9.16 Å². The molecule has 0 N–H and O–H groups in total. The summed E-state index contributed by atoms with van der Waals surface area (Å²) in [6.07, 6.45) is -1.86. The van der Waals surface area contributed by atoms with Crippen LogP contribution >= 0.6 is 0 Å². The van der Waals surface area contributed by atoms with Crippen molar-refractivity contribution >= 4 is 20.4 Å². The Morgan fingerprint density at radius 2 is 1.90 bits per heavy atom. The van der Waals surface area contributed by atoms with Gasteiger partial charge in [-0.15, -0.1) is 0 Å². The summed E-state index contributed by atoms with van der Waals surface area (Å²) in [5, 5.41) is 0.0527. The molecule has 5 nitrogen and oxygen atoms in total. The molecule has 1 aromatic rings. The van der Waals surface area contributed by atoms with E-state index in [2.05, 4.69) is 38.8 Å². The van der Waals surface area contributed by atoms with Gasteiger partial charge in [0.25, 0.3) is 0 Å². The van der Waals surface area contributed by atoms with Crippen molar-refractivity contribution in [3.8, 4) is 0 Å². The topological polar surface area (TPSA) is 51.7 Å². The molecule has 0 radical (unpaired) electrons. The molecule has 0 aromatic carbocycles. The van der Waals surface area contributed by atoms with Crippen LogP contribution in [0.15, 0.2) is 12.3 Å². The molecule has 2 rings (SSSR count). The van der Waals surface area contributed by atoms with E-state index in [1.165, 1.54) is 0 Å². The number of halogens is 3. The van der Waals surface area contributed by atoms with Crippen LogP contribution in [0.2, 0.25) is 18.1 Å². The average Bonchev–Trinajstić information content (AvgIpc) is 2.64. The van der Waals surface area contributed by atoms with Crippen molar-refractivity contribution in [2.75, 3.05) is 31.3 Å². The summed E-state index contributed by atoms with van der Waals surface area (Å²) in [4.78, 5) is 17.5. The SMILES string of the molecule is CC(C)(C)[Si](C)(C)OCCN(c1ncc(C(F)(F)F)cc1C=O)C1CCOCC1. The lowest BCUT2D eigenvalue weighted by Gasteiger charge is -2.39. The van der Waals surface area contributed by atoms with Gasteiger partial charge in [-0.3, -0.25) is 4.79 Å². The minimum Gasteiger partial charge on any atom is -0.415 e. The first-order valence-electron chi connectivity index (χ1n) is 9.87. The van der Waals surface area contributed by atoms with Gasteiger partial charge < -0.3 is 14.1 Å². The van der Waals surface area contributed by atoms with E-state index < -0.39 is 20.1 Å². The van der Waals surface area contributed by atoms with Gasteiger partial charge >= 0.3 is 6.18 Å². The molecule has 2 heterocycles. The molecule has 0 atom stereocenters. The third kappa shape index (κ3) is 6.02. The monoisotopic (exact) mass is 432 g/mol. The number of alkyl halides is 3. The quantitative estimate of drug-likeness (QED) is 0.452. The van der Waals surface area contributed by atoms with Gasteiger partial charge in [-0.2, -0.15) is 13.2 Å². The van der Waals surface area contributed by atoms with Gasteiger partial charge in [0.2, 0.25) is 0 Å². The highest BCUT2D eigenvalue weighted by Gasteiger charge is 2.37. The molecule has 0 bridgehead atoms. The van der Waals surface area contributed by atoms with Gasteiger partial charge in [0.05, 0.1) is 17.7 Å². The molecule has 29 heavy (non-hydrogen) atoms. The van der Waals surface area contributed by atoms with E-state index in [1.54, 1.807) is 0 Å². The van der Waals surface area contributed by atoms with Crippen molar-refractivity contribution in [3.63, 3.8) is 0 Å². The molecular weight excluding hydrogens is 401 g/mol. The maximum atomic E-state index is 13.0. The van der Waals surface area contributed by atoms with E-state index in [0.717, 1.165) is 25.1 Å². The van der Waals surface area contributed by atoms with Gasteiger partial charge in [-0.05, 0) is 37.0 Å². The Balaban J connectivity index is 2.28. The molecular formula is C20H31F3N2O3Si. The van der Waals surface area contributed by atoms with Crippen molar-refractivity contribution in [1.29, 1.82) is 0 Å². The van der Waals surface area contributed by atoms with E-state index in [0.29, 0.717) is 32.7 Å². The number of hydrogen-bond donors (Lipinski definition) is 0. The van der Waals surface area contributed by atoms with Crippen molar-refractivity contribution in [3.05, 3.63) is 23.4 Å². The Kier molecular flexibility index (Phi) is 7.51. The van der Waals surface area contributed by atoms with Crippen LogP contribution in [0.5, 0.6) is 0 Å². The first-order chi connectivity index (χ1) is 13.4. The number of anilines is 1. The molecule has 1 aliphatic rings. The van der Waals surface area contributed by atoms with Crippen LogP contribution in [0.25, 0.3) is 0 Å². The molecule has 1 saturated heterocycles. The number of carbonyl (C=O) groups is 1. The summed E-state index contributed by atoms with van der Waals surface area (Å²) in [5.41, 5.74) is -0.980. The van der Waals surface area contributed by atoms with Crippen LogP contribution in [0.4, 0.5) is 19.0 Å². The number of pyridine rings is 1. The predicted octanol–water partition coefficient (Wildman–Crippen LogP) is 4.92. The molecule has 1 fully saturated rings. The zero-order valence-corrected chi connectivity index (χ0v) is 18.8. The summed E-state index contributed by atoms with van der Waals surface area (Å²) in [5.74, 6) is 0.277. The maximum absolute atomic E-state index is 13.0. The fraction of sp³-hybridized carbons (Fsp3) is 0.700. The predicted molar refractivity (Wildman–Crippen MR) is 109 cm³/mol. The highest BCUT2D eigenvalue weighted by molar-refractivity contribution is 6.74. The summed E-state index contributed by atoms with van der Waals surface area (Å²) in [6, 6.07) is 0.908. The standard InChI is InChI=1S/C20H31F3N2O3Si/c1-19(2,3)29(4,5)28-11-8-25(17-6-9-27-10-7-17)18-15(14-26)12-16(13-24-18)20(21,22)23/h12-14,17H,6-11H2,1-5H3. The number of aromatic nitrogens is 1. The van der Waals surface area contributed by atoms with Crippen molar-refractivity contribution in [1.82, 2.24) is 4.98 Å². The van der Waals surface area contributed by atoms with Gasteiger partial charge in [0, 0.05) is 32.0 Å². The zero-order valence-electron chi connectivity index (χ0n) is 17.8. The molecule has 1 aliphatic heterocycles. The normalized spacial score (nSPS) is 16.7. The first-order valence-corrected chi connectivity index (χ1v) is 12.8. The Bertz CT molecular complexity index is 699. The fourth-order valence-electron chi connectivity index (χ4n) is 3.03. The molecule has 0 amide bonds. The molecule has 164 valence electrons. The fourth-order valence-corrected chi connectivity index (χ4v) is 4.06. The number of hydrogen-bond acceptors (Lipinski definition) is 5. The Morgan fingerprint density at radius 1 is 1.28 bits per heavy atom. The van der Waals surface area contributed by atoms with E-state index in [1.807, 2.05) is 4.90 Å². The van der Waals surface area contributed by atoms with Crippen LogP contribution < -0.4 is 4.90 Å². The van der Waals surface area contributed by atoms with Crippen LogP contribution in [0.1, 0.15) is 49.5 Å². The average molecular weight is 433 g/mol. The van der Waals surface area contributed by atoms with E-state index in [9.17, 15) is 18.0 Å².